The van der Waals surface area contributed by atoms with Crippen molar-refractivity contribution >= 4 is 34.2 Å². The van der Waals surface area contributed by atoms with Crippen LogP contribution in [0.3, 0.4) is 0 Å². The molecule has 0 bridgehead atoms. The molecule has 3 rings (SSSR count). The highest BCUT2D eigenvalue weighted by Gasteiger charge is 2.09. The largest absolute Gasteiger partial charge is 0.484 e. The average Bonchev–Trinajstić information content (AvgIpc) is 2.80. The maximum atomic E-state index is 12.2. The molecule has 160 valence electrons. The molecule has 0 saturated carbocycles. The van der Waals surface area contributed by atoms with Gasteiger partial charge in [0.15, 0.2) is 6.61 Å². The summed E-state index contributed by atoms with van der Waals surface area (Å²) in [4.78, 5) is 35.9. The molecule has 0 unspecified atom stereocenters. The summed E-state index contributed by atoms with van der Waals surface area (Å²) in [6, 6.07) is 19.8. The molecule has 3 amide bonds. The average molecular weight is 419 g/mol. The van der Waals surface area contributed by atoms with Gasteiger partial charge in [-0.2, -0.15) is 0 Å². The number of amides is 3. The van der Waals surface area contributed by atoms with E-state index in [0.717, 1.165) is 23.6 Å². The van der Waals surface area contributed by atoms with Crippen LogP contribution in [-0.2, 0) is 9.59 Å². The van der Waals surface area contributed by atoms with E-state index in [1.807, 2.05) is 43.3 Å². The van der Waals surface area contributed by atoms with Gasteiger partial charge < -0.3 is 10.1 Å². The zero-order valence-electron chi connectivity index (χ0n) is 17.3. The minimum atomic E-state index is -0.485. The maximum Gasteiger partial charge on any atom is 0.276 e. The molecule has 31 heavy (non-hydrogen) atoms. The Morgan fingerprint density at radius 3 is 2.32 bits per heavy atom. The van der Waals surface area contributed by atoms with Gasteiger partial charge in [-0.25, -0.2) is 0 Å². The molecule has 3 aromatic rings. The number of hydrazine groups is 1. The summed E-state index contributed by atoms with van der Waals surface area (Å²) in [5.74, 6) is -0.446. The van der Waals surface area contributed by atoms with Crippen molar-refractivity contribution in [3.05, 3.63) is 72.3 Å². The number of benzene rings is 3. The van der Waals surface area contributed by atoms with E-state index in [2.05, 4.69) is 16.2 Å². The van der Waals surface area contributed by atoms with Crippen LogP contribution in [0.5, 0.6) is 5.75 Å². The quantitative estimate of drug-likeness (QED) is 0.484. The first kappa shape index (κ1) is 21.8. The minimum Gasteiger partial charge on any atom is -0.484 e. The lowest BCUT2D eigenvalue weighted by atomic mass is 10.1. The Hall–Kier alpha value is -3.87. The number of carbonyl (C=O) groups is 3. The van der Waals surface area contributed by atoms with Crippen LogP contribution >= 0.6 is 0 Å². The molecule has 0 spiro atoms. The second-order valence-corrected chi connectivity index (χ2v) is 7.03. The lowest BCUT2D eigenvalue weighted by Crippen LogP contribution is -2.43. The fraction of sp³-hybridized carbons (Fsp3) is 0.208. The third kappa shape index (κ3) is 6.57. The Balaban J connectivity index is 1.44. The van der Waals surface area contributed by atoms with Crippen LogP contribution in [-0.4, -0.2) is 24.3 Å². The van der Waals surface area contributed by atoms with Crippen LogP contribution < -0.4 is 20.9 Å². The summed E-state index contributed by atoms with van der Waals surface area (Å²) < 4.78 is 5.49. The second kappa shape index (κ2) is 10.8. The van der Waals surface area contributed by atoms with Crippen LogP contribution in [0.2, 0.25) is 0 Å². The van der Waals surface area contributed by atoms with Crippen molar-refractivity contribution in [1.29, 1.82) is 0 Å². The highest BCUT2D eigenvalue weighted by atomic mass is 16.5. The summed E-state index contributed by atoms with van der Waals surface area (Å²) in [7, 11) is 0. The van der Waals surface area contributed by atoms with Gasteiger partial charge in [0.1, 0.15) is 5.75 Å². The number of rotatable bonds is 8. The van der Waals surface area contributed by atoms with Crippen LogP contribution in [0, 0.1) is 0 Å². The number of hydrogen-bond donors (Lipinski definition) is 3. The Morgan fingerprint density at radius 2 is 1.58 bits per heavy atom. The van der Waals surface area contributed by atoms with Crippen LogP contribution in [0.4, 0.5) is 5.69 Å². The molecule has 0 heterocycles. The number of carbonyl (C=O) groups excluding carboxylic acids is 3. The number of anilines is 1. The Bertz CT molecular complexity index is 1060. The molecule has 0 aliphatic carbocycles. The monoisotopic (exact) mass is 419 g/mol. The lowest BCUT2D eigenvalue weighted by Gasteiger charge is -2.10. The summed E-state index contributed by atoms with van der Waals surface area (Å²) in [6.45, 7) is 1.79. The van der Waals surface area contributed by atoms with Gasteiger partial charge in [0, 0.05) is 17.7 Å². The third-order valence-electron chi connectivity index (χ3n) is 4.59. The molecule has 0 aromatic heterocycles. The van der Waals surface area contributed by atoms with Gasteiger partial charge in [-0.05, 0) is 53.6 Å². The fourth-order valence-corrected chi connectivity index (χ4v) is 2.91. The standard InChI is InChI=1S/C24H25N3O4/c1-2-3-8-22(28)25-20-12-9-18(10-13-20)24(30)27-26-23(29)16-31-21-14-11-17-6-4-5-7-19(17)15-21/h4-7,9-15H,2-3,8,16H2,1H3,(H,25,28)(H,26,29)(H,27,30). The number of hydrogen-bond acceptors (Lipinski definition) is 4. The summed E-state index contributed by atoms with van der Waals surface area (Å²) in [6.07, 6.45) is 2.24. The highest BCUT2D eigenvalue weighted by Crippen LogP contribution is 2.20. The first-order valence-corrected chi connectivity index (χ1v) is 10.2. The second-order valence-electron chi connectivity index (χ2n) is 7.03. The van der Waals surface area contributed by atoms with Gasteiger partial charge in [0.2, 0.25) is 5.91 Å². The smallest absolute Gasteiger partial charge is 0.276 e. The van der Waals surface area contributed by atoms with Gasteiger partial charge in [0.25, 0.3) is 11.8 Å². The van der Waals surface area contributed by atoms with Gasteiger partial charge >= 0.3 is 0 Å². The molecular formula is C24H25N3O4. The van der Waals surface area contributed by atoms with Gasteiger partial charge in [-0.3, -0.25) is 25.2 Å². The third-order valence-corrected chi connectivity index (χ3v) is 4.59. The molecule has 0 aliphatic heterocycles. The van der Waals surface area contributed by atoms with Gasteiger partial charge in [-0.15, -0.1) is 0 Å². The molecule has 7 nitrogen and oxygen atoms in total. The van der Waals surface area contributed by atoms with Crippen LogP contribution in [0.1, 0.15) is 36.5 Å². The number of fused-ring (bicyclic) bond motifs is 1. The van der Waals surface area contributed by atoms with Gasteiger partial charge in [-0.1, -0.05) is 43.7 Å². The molecular weight excluding hydrogens is 394 g/mol. The zero-order chi connectivity index (χ0) is 22.1. The predicted molar refractivity (Wildman–Crippen MR) is 120 cm³/mol. The Morgan fingerprint density at radius 1 is 0.839 bits per heavy atom. The topological polar surface area (TPSA) is 96.5 Å². The summed E-state index contributed by atoms with van der Waals surface area (Å²) in [5.41, 5.74) is 5.64. The molecule has 7 heteroatoms. The first-order valence-electron chi connectivity index (χ1n) is 10.2. The van der Waals surface area contributed by atoms with Gasteiger partial charge in [0.05, 0.1) is 0 Å². The fourth-order valence-electron chi connectivity index (χ4n) is 2.91. The van der Waals surface area contributed by atoms with E-state index in [4.69, 9.17) is 4.74 Å². The number of nitrogens with one attached hydrogen (secondary N) is 3. The van der Waals surface area contributed by atoms with E-state index in [1.165, 1.54) is 0 Å². The van der Waals surface area contributed by atoms with E-state index in [9.17, 15) is 14.4 Å². The highest BCUT2D eigenvalue weighted by molar-refractivity contribution is 5.96. The first-order chi connectivity index (χ1) is 15.0. The lowest BCUT2D eigenvalue weighted by molar-refractivity contribution is -0.123. The summed E-state index contributed by atoms with van der Waals surface area (Å²) in [5, 5.41) is 4.87. The maximum absolute atomic E-state index is 12.2. The van der Waals surface area contributed by atoms with E-state index in [0.29, 0.717) is 23.4 Å². The van der Waals surface area contributed by atoms with Crippen molar-refractivity contribution in [1.82, 2.24) is 10.9 Å². The zero-order valence-corrected chi connectivity index (χ0v) is 17.3. The van der Waals surface area contributed by atoms with Crippen molar-refractivity contribution < 1.29 is 19.1 Å². The molecule has 0 saturated heterocycles. The van der Waals surface area contributed by atoms with Crippen molar-refractivity contribution in [2.45, 2.75) is 26.2 Å². The Labute approximate surface area is 180 Å². The number of ether oxygens (including phenoxy) is 1. The van der Waals surface area contributed by atoms with Crippen molar-refractivity contribution in [3.63, 3.8) is 0 Å². The van der Waals surface area contributed by atoms with E-state index < -0.39 is 11.8 Å². The van der Waals surface area contributed by atoms with Crippen LogP contribution in [0.15, 0.2) is 66.7 Å². The molecule has 0 aliphatic rings. The molecule has 0 radical (unpaired) electrons. The molecule has 0 fully saturated rings. The predicted octanol–water partition coefficient (Wildman–Crippen LogP) is 3.81. The van der Waals surface area contributed by atoms with Crippen molar-refractivity contribution in [3.8, 4) is 5.75 Å². The molecule has 3 aromatic carbocycles. The SMILES string of the molecule is CCCCC(=O)Nc1ccc(C(=O)NNC(=O)COc2ccc3ccccc3c2)cc1. The van der Waals surface area contributed by atoms with E-state index in [1.54, 1.807) is 30.3 Å². The normalized spacial score (nSPS) is 10.4. The van der Waals surface area contributed by atoms with Crippen molar-refractivity contribution in [2.75, 3.05) is 11.9 Å². The van der Waals surface area contributed by atoms with Crippen LogP contribution in [0.25, 0.3) is 10.8 Å². The molecule has 3 N–H and O–H groups in total. The molecule has 0 atom stereocenters. The van der Waals surface area contributed by atoms with E-state index >= 15 is 0 Å². The summed E-state index contributed by atoms with van der Waals surface area (Å²) >= 11 is 0. The van der Waals surface area contributed by atoms with E-state index in [-0.39, 0.29) is 12.5 Å². The Kier molecular flexibility index (Phi) is 7.59. The minimum absolute atomic E-state index is 0.0577. The number of unbranched alkanes of at least 4 members (excludes halogenated alkanes) is 1. The van der Waals surface area contributed by atoms with Crippen molar-refractivity contribution in [2.24, 2.45) is 0 Å².